The van der Waals surface area contributed by atoms with Crippen LogP contribution < -0.4 is 10.6 Å². The summed E-state index contributed by atoms with van der Waals surface area (Å²) in [4.78, 5) is 11.1. The lowest BCUT2D eigenvalue weighted by Crippen LogP contribution is -2.52. The van der Waals surface area contributed by atoms with E-state index in [4.69, 9.17) is 9.15 Å². The molecule has 7 nitrogen and oxygen atoms in total. The fourth-order valence-electron chi connectivity index (χ4n) is 2.75. The molecule has 1 saturated heterocycles. The Balaban J connectivity index is 0.00000288. The summed E-state index contributed by atoms with van der Waals surface area (Å²) in [5.74, 6) is 2.30. The maximum Gasteiger partial charge on any atom is 0.214 e. The lowest BCUT2D eigenvalue weighted by molar-refractivity contribution is -0.0174. The van der Waals surface area contributed by atoms with Crippen LogP contribution in [-0.2, 0) is 11.3 Å². The summed E-state index contributed by atoms with van der Waals surface area (Å²) < 4.78 is 11.1. The predicted octanol–water partition coefficient (Wildman–Crippen LogP) is 1.68. The molecule has 8 heteroatoms. The Morgan fingerprint density at radius 3 is 2.75 bits per heavy atom. The van der Waals surface area contributed by atoms with Crippen LogP contribution in [0.15, 0.2) is 9.41 Å². The monoisotopic (exact) mass is 451 g/mol. The Morgan fingerprint density at radius 2 is 2.17 bits per heavy atom. The van der Waals surface area contributed by atoms with E-state index in [1.54, 1.807) is 7.05 Å². The molecule has 1 aliphatic heterocycles. The van der Waals surface area contributed by atoms with Crippen molar-refractivity contribution in [3.63, 3.8) is 0 Å². The highest BCUT2D eigenvalue weighted by Crippen LogP contribution is 2.10. The molecule has 2 rings (SSSR count). The van der Waals surface area contributed by atoms with Gasteiger partial charge in [0.05, 0.1) is 25.5 Å². The minimum atomic E-state index is 0. The molecule has 138 valence electrons. The summed E-state index contributed by atoms with van der Waals surface area (Å²) in [6.07, 6.45) is 0. The molecule has 0 aromatic carbocycles. The molecule has 2 unspecified atom stereocenters. The maximum atomic E-state index is 5.57. The Morgan fingerprint density at radius 1 is 1.42 bits per heavy atom. The predicted molar refractivity (Wildman–Crippen MR) is 106 cm³/mol. The van der Waals surface area contributed by atoms with Crippen molar-refractivity contribution >= 4 is 29.9 Å². The van der Waals surface area contributed by atoms with Crippen LogP contribution in [0.4, 0.5) is 0 Å². The molecule has 0 bridgehead atoms. The molecule has 0 amide bonds. The number of oxazole rings is 1. The SMILES string of the molecule is CN=C(NCc1nc(C)c(C)o1)NCC(C)N1CCOCC1C.I. The number of aryl methyl sites for hydroxylation is 2. The number of hydrogen-bond acceptors (Lipinski definition) is 5. The van der Waals surface area contributed by atoms with Crippen LogP contribution in [0.5, 0.6) is 0 Å². The summed E-state index contributed by atoms with van der Waals surface area (Å²) in [5.41, 5.74) is 0.930. The number of aromatic nitrogens is 1. The molecule has 1 aromatic heterocycles. The van der Waals surface area contributed by atoms with Crippen molar-refractivity contribution in [1.29, 1.82) is 0 Å². The maximum absolute atomic E-state index is 5.57. The van der Waals surface area contributed by atoms with Crippen LogP contribution in [0.2, 0.25) is 0 Å². The molecule has 2 N–H and O–H groups in total. The van der Waals surface area contributed by atoms with Crippen LogP contribution in [0.1, 0.15) is 31.2 Å². The fourth-order valence-corrected chi connectivity index (χ4v) is 2.75. The number of aliphatic imine (C=N–C) groups is 1. The summed E-state index contributed by atoms with van der Waals surface area (Å²) in [6, 6.07) is 0.868. The largest absolute Gasteiger partial charge is 0.444 e. The average molecular weight is 451 g/mol. The van der Waals surface area contributed by atoms with Gasteiger partial charge in [0.15, 0.2) is 5.96 Å². The number of halogens is 1. The van der Waals surface area contributed by atoms with E-state index in [0.717, 1.165) is 43.7 Å². The summed E-state index contributed by atoms with van der Waals surface area (Å²) >= 11 is 0. The first-order chi connectivity index (χ1) is 11.0. The van der Waals surface area contributed by atoms with Crippen molar-refractivity contribution in [3.8, 4) is 0 Å². The lowest BCUT2D eigenvalue weighted by atomic mass is 10.2. The zero-order valence-corrected chi connectivity index (χ0v) is 17.6. The van der Waals surface area contributed by atoms with Gasteiger partial charge in [0.2, 0.25) is 5.89 Å². The molecule has 2 heterocycles. The Kier molecular flexibility index (Phi) is 8.99. The highest BCUT2D eigenvalue weighted by Gasteiger charge is 2.23. The van der Waals surface area contributed by atoms with Crippen molar-refractivity contribution in [3.05, 3.63) is 17.3 Å². The summed E-state index contributed by atoms with van der Waals surface area (Å²) in [6.45, 7) is 12.2. The van der Waals surface area contributed by atoms with Crippen LogP contribution in [0, 0.1) is 13.8 Å². The van der Waals surface area contributed by atoms with Crippen molar-refractivity contribution in [2.24, 2.45) is 4.99 Å². The summed E-state index contributed by atoms with van der Waals surface area (Å²) in [7, 11) is 1.77. The normalized spacial score (nSPS) is 20.4. The highest BCUT2D eigenvalue weighted by atomic mass is 127. The third-order valence-electron chi connectivity index (χ3n) is 4.25. The van der Waals surface area contributed by atoms with E-state index in [9.17, 15) is 0 Å². The van der Waals surface area contributed by atoms with E-state index in [1.807, 2.05) is 13.8 Å². The first-order valence-electron chi connectivity index (χ1n) is 8.22. The first kappa shape index (κ1) is 21.2. The number of ether oxygens (including phenoxy) is 1. The van der Waals surface area contributed by atoms with E-state index in [0.29, 0.717) is 24.5 Å². The van der Waals surface area contributed by atoms with E-state index in [2.05, 4.69) is 39.4 Å². The third-order valence-corrected chi connectivity index (χ3v) is 4.25. The smallest absolute Gasteiger partial charge is 0.214 e. The van der Waals surface area contributed by atoms with Gasteiger partial charge in [-0.2, -0.15) is 0 Å². The number of rotatable bonds is 5. The topological polar surface area (TPSA) is 74.9 Å². The van der Waals surface area contributed by atoms with E-state index in [-0.39, 0.29) is 24.0 Å². The van der Waals surface area contributed by atoms with Gasteiger partial charge in [-0.3, -0.25) is 9.89 Å². The van der Waals surface area contributed by atoms with Crippen LogP contribution in [0.3, 0.4) is 0 Å². The van der Waals surface area contributed by atoms with E-state index in [1.165, 1.54) is 0 Å². The third kappa shape index (κ3) is 5.89. The quantitative estimate of drug-likeness (QED) is 0.403. The minimum absolute atomic E-state index is 0. The van der Waals surface area contributed by atoms with Gasteiger partial charge in [0.1, 0.15) is 5.76 Å². The number of nitrogens with zero attached hydrogens (tertiary/aromatic N) is 3. The first-order valence-corrected chi connectivity index (χ1v) is 8.22. The van der Waals surface area contributed by atoms with Crippen LogP contribution in [0.25, 0.3) is 0 Å². The van der Waals surface area contributed by atoms with Gasteiger partial charge in [0, 0.05) is 32.2 Å². The Bertz CT molecular complexity index is 515. The molecule has 0 aliphatic carbocycles. The Hall–Kier alpha value is -0.870. The zero-order valence-electron chi connectivity index (χ0n) is 15.3. The van der Waals surface area contributed by atoms with E-state index < -0.39 is 0 Å². The van der Waals surface area contributed by atoms with Crippen molar-refractivity contribution in [2.75, 3.05) is 33.4 Å². The van der Waals surface area contributed by atoms with Crippen molar-refractivity contribution in [1.82, 2.24) is 20.5 Å². The standard InChI is InChI=1S/C16H29N5O2.HI/c1-11(21-6-7-22-10-12(21)2)8-18-16(17-5)19-9-15-20-13(3)14(4)23-15;/h11-12H,6-10H2,1-5H3,(H2,17,18,19);1H. The molecule has 2 atom stereocenters. The van der Waals surface area contributed by atoms with Gasteiger partial charge in [-0.1, -0.05) is 0 Å². The molecule has 0 spiro atoms. The van der Waals surface area contributed by atoms with Crippen LogP contribution >= 0.6 is 24.0 Å². The molecular formula is C16H30IN5O2. The molecule has 0 radical (unpaired) electrons. The van der Waals surface area contributed by atoms with E-state index >= 15 is 0 Å². The highest BCUT2D eigenvalue weighted by molar-refractivity contribution is 14.0. The van der Waals surface area contributed by atoms with Crippen molar-refractivity contribution < 1.29 is 9.15 Å². The second-order valence-corrected chi connectivity index (χ2v) is 6.07. The number of morpholine rings is 1. The zero-order chi connectivity index (χ0) is 16.8. The lowest BCUT2D eigenvalue weighted by Gasteiger charge is -2.38. The van der Waals surface area contributed by atoms with Gasteiger partial charge >= 0.3 is 0 Å². The molecule has 0 saturated carbocycles. The molecule has 1 fully saturated rings. The molecular weight excluding hydrogens is 421 g/mol. The molecule has 1 aromatic rings. The second kappa shape index (κ2) is 10.2. The minimum Gasteiger partial charge on any atom is -0.444 e. The van der Waals surface area contributed by atoms with Gasteiger partial charge in [0.25, 0.3) is 0 Å². The molecule has 1 aliphatic rings. The second-order valence-electron chi connectivity index (χ2n) is 6.07. The number of guanidine groups is 1. The number of hydrogen-bond donors (Lipinski definition) is 2. The Labute approximate surface area is 161 Å². The summed E-state index contributed by atoms with van der Waals surface area (Å²) in [5, 5.41) is 6.60. The van der Waals surface area contributed by atoms with Gasteiger partial charge < -0.3 is 19.8 Å². The van der Waals surface area contributed by atoms with Crippen LogP contribution in [-0.4, -0.2) is 61.3 Å². The van der Waals surface area contributed by atoms with Gasteiger partial charge in [-0.05, 0) is 27.7 Å². The fraction of sp³-hybridized carbons (Fsp3) is 0.750. The average Bonchev–Trinajstić information content (AvgIpc) is 2.86. The van der Waals surface area contributed by atoms with Crippen molar-refractivity contribution in [2.45, 2.75) is 46.3 Å². The van der Waals surface area contributed by atoms with Gasteiger partial charge in [-0.25, -0.2) is 4.98 Å². The molecule has 24 heavy (non-hydrogen) atoms. The van der Waals surface area contributed by atoms with Gasteiger partial charge in [-0.15, -0.1) is 24.0 Å². The number of nitrogens with one attached hydrogen (secondary N) is 2.